The fraction of sp³-hybridized carbons (Fsp3) is 0.206. The van der Waals surface area contributed by atoms with Crippen LogP contribution in [-0.4, -0.2) is 14.1 Å². The molecule has 3 aromatic heterocycles. The summed E-state index contributed by atoms with van der Waals surface area (Å²) < 4.78 is 143. The second-order valence-electron chi connectivity index (χ2n) is 21.9. The third-order valence-electron chi connectivity index (χ3n) is 13.9. The molecule has 5 nitrogen and oxygen atoms in total. The molecule has 0 atom stereocenters. The number of aryl methyl sites for hydroxylation is 2. The maximum atomic E-state index is 9.95. The van der Waals surface area contributed by atoms with Crippen LogP contribution >= 0.6 is 0 Å². The largest absolute Gasteiger partial charge is 0.510 e. The van der Waals surface area contributed by atoms with Crippen molar-refractivity contribution in [3.05, 3.63) is 210 Å². The van der Waals surface area contributed by atoms with E-state index < -0.39 is 72.9 Å². The Balaban J connectivity index is 0.00000800. The minimum atomic E-state index is -2.91. The van der Waals surface area contributed by atoms with Crippen LogP contribution in [0, 0.1) is 32.2 Å². The number of fused-ring (bicyclic) bond motifs is 10. The molecule has 0 unspecified atom stereocenters. The molecule has 11 aromatic rings. The van der Waals surface area contributed by atoms with Gasteiger partial charge in [0, 0.05) is 52.5 Å². The molecule has 0 N–H and O–H groups in total. The standard InChI is InChI=1S/C68H60N4O.Pt/c1-42-20-18-21-43(2)63(42)58-36-45(67(6,7)8)34-56-52-26-14-12-24-50(52)51-25-13-15-27-53(51)57-35-46(68(9,10)11)37-61-65(57)71(64(56)58)41-70(61)47-22-19-23-48(39-47)73-49-30-31-55-54-28-16-17-29-59(54)72(60(55)40-49)62-38-44(32-33-69-62)66(3,4)5;/h12-38H,1-11H3;/q-2;/i1D3,2D3,12D,13D,14D,15D,24D,25D,26D,27D;. The number of pyridine rings is 1. The van der Waals surface area contributed by atoms with Gasteiger partial charge in [-0.15, -0.1) is 29.7 Å². The molecule has 1 aliphatic rings. The van der Waals surface area contributed by atoms with Crippen LogP contribution < -0.4 is 9.30 Å². The predicted octanol–water partition coefficient (Wildman–Crippen LogP) is 17.1. The smallest absolute Gasteiger partial charge is 0.268 e. The quantitative estimate of drug-likeness (QED) is 0.127. The van der Waals surface area contributed by atoms with Gasteiger partial charge in [0.05, 0.1) is 27.7 Å². The van der Waals surface area contributed by atoms with Gasteiger partial charge in [-0.2, -0.15) is 18.2 Å². The van der Waals surface area contributed by atoms with Gasteiger partial charge >= 0.3 is 0 Å². The Labute approximate surface area is 470 Å². The van der Waals surface area contributed by atoms with Crippen LogP contribution in [-0.2, 0) is 37.3 Å². The first-order valence-corrected chi connectivity index (χ1v) is 24.4. The van der Waals surface area contributed by atoms with Gasteiger partial charge in [0.25, 0.3) is 6.33 Å². The fourth-order valence-electron chi connectivity index (χ4n) is 10.1. The fourth-order valence-corrected chi connectivity index (χ4v) is 10.1. The van der Waals surface area contributed by atoms with E-state index in [1.54, 1.807) is 39.5 Å². The Morgan fingerprint density at radius 3 is 1.82 bits per heavy atom. The third-order valence-corrected chi connectivity index (χ3v) is 13.9. The van der Waals surface area contributed by atoms with E-state index in [1.807, 2.05) is 96.3 Å². The molecule has 12 rings (SSSR count). The summed E-state index contributed by atoms with van der Waals surface area (Å²) in [7, 11) is 0. The third kappa shape index (κ3) is 8.21. The van der Waals surface area contributed by atoms with E-state index in [9.17, 15) is 11.0 Å². The number of nitrogens with zero attached hydrogens (tertiary/aromatic N) is 4. The first-order chi connectivity index (χ1) is 40.7. The van der Waals surface area contributed by atoms with Gasteiger partial charge in [-0.05, 0) is 138 Å². The van der Waals surface area contributed by atoms with Gasteiger partial charge < -0.3 is 13.9 Å². The number of rotatable bonds is 5. The van der Waals surface area contributed by atoms with Gasteiger partial charge in [0.2, 0.25) is 0 Å². The predicted molar refractivity (Wildman–Crippen MR) is 301 cm³/mol. The monoisotopic (exact) mass is 1160 g/mol. The maximum Gasteiger partial charge on any atom is 0.268 e. The van der Waals surface area contributed by atoms with E-state index in [0.717, 1.165) is 27.4 Å². The zero-order valence-electron chi connectivity index (χ0n) is 56.5. The van der Waals surface area contributed by atoms with Gasteiger partial charge in [0.15, 0.2) is 0 Å². The first kappa shape index (κ1) is 35.0. The zero-order valence-corrected chi connectivity index (χ0v) is 44.8. The van der Waals surface area contributed by atoms with Crippen molar-refractivity contribution < 1.29 is 49.6 Å². The molecule has 0 spiro atoms. The normalized spacial score (nSPS) is 15.5. The topological polar surface area (TPSA) is 35.9 Å². The van der Waals surface area contributed by atoms with Crippen LogP contribution in [0.4, 0.5) is 0 Å². The molecule has 0 saturated heterocycles. The summed E-state index contributed by atoms with van der Waals surface area (Å²) >= 11 is 0. The Kier molecular flexibility index (Phi) is 8.49. The van der Waals surface area contributed by atoms with Crippen LogP contribution in [0.25, 0.3) is 94.5 Å². The van der Waals surface area contributed by atoms with Crippen LogP contribution in [0.3, 0.4) is 0 Å². The SMILES string of the molecule is [2H]c1c([2H])c([2H])c2c(c1[2H])-c1cc(C(C)(C)C)cc(-c3c(C([2H])([2H])[2H])cccc3C([2H])([2H])[2H])c1-[n+]1[c-]n(-c3[c-]c(Oc4[c-]c5c(cc4)c4ccccc4n5-c4cc(C(C)(C)C)ccn4)ccc3)c3cc(C(C)(C)C)cc(c31)-c1c([2H])c([2H])c([2H])c([2H])c1-2.[Pt]. The van der Waals surface area contributed by atoms with Crippen molar-refractivity contribution in [1.29, 1.82) is 0 Å². The zero-order chi connectivity index (χ0) is 62.7. The van der Waals surface area contributed by atoms with E-state index in [-0.39, 0.29) is 99.1 Å². The van der Waals surface area contributed by atoms with Gasteiger partial charge in [-0.3, -0.25) is 4.57 Å². The molecule has 8 aromatic carbocycles. The number of benzene rings is 8. The molecule has 74 heavy (non-hydrogen) atoms. The average Bonchev–Trinajstić information content (AvgIpc) is 1.44. The van der Waals surface area contributed by atoms with Crippen LogP contribution in [0.5, 0.6) is 11.5 Å². The summed E-state index contributed by atoms with van der Waals surface area (Å²) in [5.41, 5.74) is 2.31. The molecular weight excluding hydrogens is 1080 g/mol. The second kappa shape index (κ2) is 18.0. The first-order valence-electron chi connectivity index (χ1n) is 31.4. The molecule has 0 fully saturated rings. The van der Waals surface area contributed by atoms with Gasteiger partial charge in [0.1, 0.15) is 5.82 Å². The maximum absolute atomic E-state index is 9.95. The van der Waals surface area contributed by atoms with Gasteiger partial charge in [-0.25, -0.2) is 4.98 Å². The summed E-state index contributed by atoms with van der Waals surface area (Å²) in [4.78, 5) is 4.84. The summed E-state index contributed by atoms with van der Waals surface area (Å²) in [6.07, 6.45) is 5.39. The van der Waals surface area contributed by atoms with Crippen molar-refractivity contribution in [1.82, 2.24) is 14.1 Å². The number of hydrogen-bond acceptors (Lipinski definition) is 2. The number of hydrogen-bond donors (Lipinski definition) is 0. The number of aromatic nitrogens is 4. The molecule has 0 saturated carbocycles. The molecule has 1 aliphatic heterocycles. The number of ether oxygens (including phenoxy) is 1. The molecule has 0 bridgehead atoms. The van der Waals surface area contributed by atoms with Crippen LogP contribution in [0.2, 0.25) is 0 Å². The Bertz CT molecular complexity index is 4720. The van der Waals surface area contributed by atoms with Crippen LogP contribution in [0.1, 0.15) is 109 Å². The Morgan fingerprint density at radius 1 is 0.554 bits per heavy atom. The van der Waals surface area contributed by atoms with Crippen molar-refractivity contribution in [2.45, 2.75) is 92.3 Å². The molecule has 4 heterocycles. The Hall–Kier alpha value is -7.33. The van der Waals surface area contributed by atoms with Crippen molar-refractivity contribution >= 4 is 32.8 Å². The second-order valence-corrected chi connectivity index (χ2v) is 21.9. The van der Waals surface area contributed by atoms with Gasteiger partial charge in [-0.1, -0.05) is 171 Å². The Morgan fingerprint density at radius 2 is 1.15 bits per heavy atom. The van der Waals surface area contributed by atoms with E-state index >= 15 is 0 Å². The molecule has 0 radical (unpaired) electrons. The van der Waals surface area contributed by atoms with E-state index in [4.69, 9.17) is 17.9 Å². The van der Waals surface area contributed by atoms with E-state index in [2.05, 4.69) is 55.9 Å². The minimum Gasteiger partial charge on any atom is -0.510 e. The van der Waals surface area contributed by atoms with Crippen LogP contribution in [0.15, 0.2) is 164 Å². The average molecular weight is 1160 g/mol. The summed E-state index contributed by atoms with van der Waals surface area (Å²) in [5, 5.41) is 1.93. The minimum absolute atomic E-state index is 0. The van der Waals surface area contributed by atoms with E-state index in [1.165, 1.54) is 18.2 Å². The number of imidazole rings is 1. The molecule has 0 amide bonds. The molecule has 370 valence electrons. The molecular formula is C68H60N4OPt-2. The van der Waals surface area contributed by atoms with Crippen molar-refractivity contribution in [2.75, 3.05) is 0 Å². The number of para-hydroxylation sites is 1. The van der Waals surface area contributed by atoms with Crippen molar-refractivity contribution in [2.24, 2.45) is 0 Å². The molecule has 0 aliphatic carbocycles. The summed E-state index contributed by atoms with van der Waals surface area (Å²) in [6, 6.07) is 34.8. The van der Waals surface area contributed by atoms with Crippen molar-refractivity contribution in [3.8, 4) is 73.2 Å². The molecule has 6 heteroatoms. The van der Waals surface area contributed by atoms with Crippen molar-refractivity contribution in [3.63, 3.8) is 0 Å². The summed E-state index contributed by atoms with van der Waals surface area (Å²) in [5.74, 6) is 1.34. The summed E-state index contributed by atoms with van der Waals surface area (Å²) in [6.45, 7) is 12.3. The van der Waals surface area contributed by atoms with E-state index in [0.29, 0.717) is 33.9 Å².